The van der Waals surface area contributed by atoms with Crippen LogP contribution in [0.2, 0.25) is 0 Å². The van der Waals surface area contributed by atoms with E-state index in [-0.39, 0.29) is 29.6 Å². The molecule has 0 aliphatic heterocycles. The summed E-state index contributed by atoms with van der Waals surface area (Å²) >= 11 is 0. The first-order chi connectivity index (χ1) is 8.98. The molecule has 0 aromatic heterocycles. The largest absolute Gasteiger partial charge is 0.508 e. The lowest BCUT2D eigenvalue weighted by atomic mass is 9.83. The molecular weight excluding hydrogens is 245 g/mol. The van der Waals surface area contributed by atoms with Crippen LogP contribution in [0.4, 0.5) is 4.39 Å². The number of halogens is 1. The Hall–Kier alpha value is -1.13. The van der Waals surface area contributed by atoms with Gasteiger partial charge in [0.2, 0.25) is 0 Å². The zero-order chi connectivity index (χ0) is 14.5. The Balaban J connectivity index is 2.74. The quantitative estimate of drug-likeness (QED) is 0.713. The van der Waals surface area contributed by atoms with E-state index in [2.05, 4.69) is 5.32 Å². The van der Waals surface area contributed by atoms with E-state index in [0.29, 0.717) is 12.1 Å². The third kappa shape index (κ3) is 3.91. The van der Waals surface area contributed by atoms with Gasteiger partial charge in [0.1, 0.15) is 11.6 Å². The van der Waals surface area contributed by atoms with Crippen LogP contribution >= 0.6 is 0 Å². The van der Waals surface area contributed by atoms with Crippen molar-refractivity contribution in [3.8, 4) is 5.75 Å². The van der Waals surface area contributed by atoms with E-state index in [1.165, 1.54) is 18.2 Å². The molecule has 0 radical (unpaired) electrons. The molecule has 0 aliphatic carbocycles. The van der Waals surface area contributed by atoms with Crippen molar-refractivity contribution >= 4 is 0 Å². The van der Waals surface area contributed by atoms with Crippen molar-refractivity contribution in [3.63, 3.8) is 0 Å². The molecule has 1 aromatic rings. The molecule has 0 amide bonds. The van der Waals surface area contributed by atoms with E-state index in [4.69, 9.17) is 0 Å². The lowest BCUT2D eigenvalue weighted by Crippen LogP contribution is -2.37. The monoisotopic (exact) mass is 269 g/mol. The van der Waals surface area contributed by atoms with Gasteiger partial charge >= 0.3 is 0 Å². The van der Waals surface area contributed by atoms with E-state index in [9.17, 15) is 14.6 Å². The van der Waals surface area contributed by atoms with Crippen LogP contribution in [0, 0.1) is 11.2 Å². The standard InChI is InChI=1S/C15H24FNO2/c1-4-15(5-2,10-18)9-17-11(3)13-8-12(16)6-7-14(13)19/h6-8,11,17-19H,4-5,9-10H2,1-3H3. The Bertz CT molecular complexity index is 397. The first-order valence-corrected chi connectivity index (χ1v) is 6.80. The SMILES string of the molecule is CCC(CC)(CO)CNC(C)c1cc(F)ccc1O. The Morgan fingerprint density at radius 1 is 1.32 bits per heavy atom. The van der Waals surface area contributed by atoms with Gasteiger partial charge in [-0.3, -0.25) is 0 Å². The minimum Gasteiger partial charge on any atom is -0.508 e. The van der Waals surface area contributed by atoms with Gasteiger partial charge in [-0.15, -0.1) is 0 Å². The highest BCUT2D eigenvalue weighted by Gasteiger charge is 2.26. The third-order valence-corrected chi connectivity index (χ3v) is 4.07. The summed E-state index contributed by atoms with van der Waals surface area (Å²) in [7, 11) is 0. The van der Waals surface area contributed by atoms with E-state index >= 15 is 0 Å². The molecule has 0 spiro atoms. The number of aliphatic hydroxyl groups excluding tert-OH is 1. The zero-order valence-corrected chi connectivity index (χ0v) is 11.9. The summed E-state index contributed by atoms with van der Waals surface area (Å²) in [5, 5.41) is 22.5. The molecule has 4 heteroatoms. The van der Waals surface area contributed by atoms with Crippen molar-refractivity contribution in [2.75, 3.05) is 13.2 Å². The fraction of sp³-hybridized carbons (Fsp3) is 0.600. The van der Waals surface area contributed by atoms with E-state index < -0.39 is 0 Å². The predicted molar refractivity (Wildman–Crippen MR) is 74.6 cm³/mol. The van der Waals surface area contributed by atoms with Gasteiger partial charge in [-0.05, 0) is 38.0 Å². The van der Waals surface area contributed by atoms with Crippen LogP contribution in [0.25, 0.3) is 0 Å². The van der Waals surface area contributed by atoms with Gasteiger partial charge in [0.25, 0.3) is 0 Å². The molecule has 1 aromatic carbocycles. The van der Waals surface area contributed by atoms with Crippen molar-refractivity contribution in [3.05, 3.63) is 29.6 Å². The van der Waals surface area contributed by atoms with Gasteiger partial charge in [-0.1, -0.05) is 13.8 Å². The highest BCUT2D eigenvalue weighted by atomic mass is 19.1. The summed E-state index contributed by atoms with van der Waals surface area (Å²) in [6.45, 7) is 6.72. The number of aromatic hydroxyl groups is 1. The molecule has 108 valence electrons. The van der Waals surface area contributed by atoms with Gasteiger partial charge in [0, 0.05) is 30.2 Å². The molecule has 0 heterocycles. The van der Waals surface area contributed by atoms with Crippen LogP contribution in [0.15, 0.2) is 18.2 Å². The minimum atomic E-state index is -0.360. The van der Waals surface area contributed by atoms with E-state index in [1.54, 1.807) is 0 Å². The molecule has 0 bridgehead atoms. The van der Waals surface area contributed by atoms with Crippen LogP contribution in [-0.4, -0.2) is 23.4 Å². The summed E-state index contributed by atoms with van der Waals surface area (Å²) < 4.78 is 13.2. The summed E-state index contributed by atoms with van der Waals surface area (Å²) in [5.74, 6) is -0.273. The second-order valence-corrected chi connectivity index (χ2v) is 5.17. The second kappa shape index (κ2) is 6.87. The highest BCUT2D eigenvalue weighted by Crippen LogP contribution is 2.28. The number of nitrogens with one attached hydrogen (secondary N) is 1. The number of benzene rings is 1. The molecule has 0 saturated heterocycles. The summed E-state index contributed by atoms with van der Waals surface area (Å²) in [4.78, 5) is 0. The molecule has 1 unspecified atom stereocenters. The van der Waals surface area contributed by atoms with Crippen LogP contribution in [0.1, 0.15) is 45.2 Å². The average molecular weight is 269 g/mol. The van der Waals surface area contributed by atoms with Crippen LogP contribution in [0.5, 0.6) is 5.75 Å². The van der Waals surface area contributed by atoms with Gasteiger partial charge < -0.3 is 15.5 Å². The fourth-order valence-electron chi connectivity index (χ4n) is 2.13. The maximum absolute atomic E-state index is 13.2. The Morgan fingerprint density at radius 3 is 2.47 bits per heavy atom. The van der Waals surface area contributed by atoms with Crippen LogP contribution in [0.3, 0.4) is 0 Å². The van der Waals surface area contributed by atoms with Gasteiger partial charge in [-0.2, -0.15) is 0 Å². The van der Waals surface area contributed by atoms with Crippen LogP contribution < -0.4 is 5.32 Å². The smallest absolute Gasteiger partial charge is 0.123 e. The Kier molecular flexibility index (Phi) is 5.76. The molecule has 3 N–H and O–H groups in total. The normalized spacial score (nSPS) is 13.5. The van der Waals surface area contributed by atoms with Crippen molar-refractivity contribution in [2.24, 2.45) is 5.41 Å². The van der Waals surface area contributed by atoms with E-state index in [1.807, 2.05) is 20.8 Å². The number of phenols is 1. The van der Waals surface area contributed by atoms with Crippen molar-refractivity contribution in [1.29, 1.82) is 0 Å². The molecule has 1 rings (SSSR count). The number of hydrogen-bond donors (Lipinski definition) is 3. The van der Waals surface area contributed by atoms with Gasteiger partial charge in [0.15, 0.2) is 0 Å². The maximum atomic E-state index is 13.2. The minimum absolute atomic E-state index is 0.0870. The molecule has 0 aliphatic rings. The molecule has 19 heavy (non-hydrogen) atoms. The second-order valence-electron chi connectivity index (χ2n) is 5.17. The van der Waals surface area contributed by atoms with Crippen molar-refractivity contribution in [1.82, 2.24) is 5.32 Å². The molecule has 0 fully saturated rings. The topological polar surface area (TPSA) is 52.5 Å². The van der Waals surface area contributed by atoms with Gasteiger partial charge in [-0.25, -0.2) is 4.39 Å². The lowest BCUT2D eigenvalue weighted by Gasteiger charge is -2.31. The first-order valence-electron chi connectivity index (χ1n) is 6.80. The Morgan fingerprint density at radius 2 is 1.95 bits per heavy atom. The highest BCUT2D eigenvalue weighted by molar-refractivity contribution is 5.34. The summed E-state index contributed by atoms with van der Waals surface area (Å²) in [5.41, 5.74) is 0.385. The van der Waals surface area contributed by atoms with Gasteiger partial charge in [0.05, 0.1) is 0 Å². The zero-order valence-electron chi connectivity index (χ0n) is 11.9. The van der Waals surface area contributed by atoms with Crippen molar-refractivity contribution in [2.45, 2.75) is 39.7 Å². The first kappa shape index (κ1) is 15.9. The fourth-order valence-corrected chi connectivity index (χ4v) is 2.13. The molecular formula is C15H24FNO2. The van der Waals surface area contributed by atoms with Crippen molar-refractivity contribution < 1.29 is 14.6 Å². The average Bonchev–Trinajstić information content (AvgIpc) is 2.43. The Labute approximate surface area is 114 Å². The van der Waals surface area contributed by atoms with Crippen LogP contribution in [-0.2, 0) is 0 Å². The van der Waals surface area contributed by atoms with E-state index in [0.717, 1.165) is 12.8 Å². The maximum Gasteiger partial charge on any atom is 0.123 e. The molecule has 0 saturated carbocycles. The number of rotatable bonds is 7. The number of aliphatic hydroxyl groups is 1. The number of hydrogen-bond acceptors (Lipinski definition) is 3. The molecule has 3 nitrogen and oxygen atoms in total. The predicted octanol–water partition coefficient (Wildman–Crippen LogP) is 2.98. The molecule has 1 atom stereocenters. The number of phenolic OH excluding ortho intramolecular Hbond substituents is 1. The lowest BCUT2D eigenvalue weighted by molar-refractivity contribution is 0.110. The summed E-state index contributed by atoms with van der Waals surface area (Å²) in [6, 6.07) is 3.77. The summed E-state index contributed by atoms with van der Waals surface area (Å²) in [6.07, 6.45) is 1.74. The third-order valence-electron chi connectivity index (χ3n) is 4.07.